The molecule has 9 heteroatoms. The second-order valence-corrected chi connectivity index (χ2v) is 6.69. The first-order chi connectivity index (χ1) is 11.2. The number of hydrogen-bond acceptors (Lipinski definition) is 7. The van der Waals surface area contributed by atoms with Crippen LogP contribution in [0.15, 0.2) is 6.20 Å². The number of rotatable bonds is 2. The molecule has 122 valence electrons. The number of ether oxygens (including phenoxy) is 2. The first-order valence-electron chi connectivity index (χ1n) is 7.48. The third-order valence-corrected chi connectivity index (χ3v) is 5.47. The van der Waals surface area contributed by atoms with Crippen LogP contribution in [-0.2, 0) is 11.3 Å². The molecule has 2 aromatic rings. The number of fused-ring (bicyclic) bond motifs is 3. The molecule has 23 heavy (non-hydrogen) atoms. The van der Waals surface area contributed by atoms with Crippen LogP contribution in [0.4, 0.5) is 0 Å². The maximum absolute atomic E-state index is 12.8. The molecule has 2 aromatic heterocycles. The van der Waals surface area contributed by atoms with Crippen molar-refractivity contribution in [3.63, 3.8) is 0 Å². The molecule has 0 spiro atoms. The van der Waals surface area contributed by atoms with Crippen molar-refractivity contribution in [2.75, 3.05) is 20.2 Å². The Hall–Kier alpha value is -2.00. The van der Waals surface area contributed by atoms with Gasteiger partial charge in [-0.25, -0.2) is 9.67 Å². The smallest absolute Gasteiger partial charge is 0.273 e. The van der Waals surface area contributed by atoms with Crippen molar-refractivity contribution >= 4 is 17.2 Å². The number of aromatic nitrogens is 4. The van der Waals surface area contributed by atoms with E-state index in [-0.39, 0.29) is 18.1 Å². The molecule has 2 atom stereocenters. The summed E-state index contributed by atoms with van der Waals surface area (Å²) in [5.41, 5.74) is 1.66. The minimum atomic E-state index is -0.00557. The fraction of sp³-hybridized carbons (Fsp3) is 0.571. The predicted octanol–water partition coefficient (Wildman–Crippen LogP) is 1.04. The Bertz CT molecular complexity index is 743. The van der Waals surface area contributed by atoms with Gasteiger partial charge in [0.15, 0.2) is 0 Å². The van der Waals surface area contributed by atoms with Crippen LogP contribution in [0.1, 0.15) is 33.5 Å². The fourth-order valence-electron chi connectivity index (χ4n) is 3.16. The highest BCUT2D eigenvalue weighted by molar-refractivity contribution is 7.15. The van der Waals surface area contributed by atoms with E-state index in [4.69, 9.17) is 9.47 Å². The maximum Gasteiger partial charge on any atom is 0.273 e. The van der Waals surface area contributed by atoms with Gasteiger partial charge in [0, 0.05) is 13.1 Å². The molecular weight excluding hydrogens is 318 g/mol. The minimum absolute atomic E-state index is 0.00557. The Morgan fingerprint density at radius 1 is 1.52 bits per heavy atom. The number of nitrogens with zero attached hydrogens (tertiary/aromatic N) is 5. The lowest BCUT2D eigenvalue weighted by Gasteiger charge is -2.40. The number of thiazole rings is 1. The lowest BCUT2D eigenvalue weighted by Crippen LogP contribution is -2.49. The van der Waals surface area contributed by atoms with Crippen LogP contribution in [0.2, 0.25) is 0 Å². The Balaban J connectivity index is 1.57. The summed E-state index contributed by atoms with van der Waals surface area (Å²) in [7, 11) is 1.56. The largest absolute Gasteiger partial charge is 0.473 e. The second kappa shape index (κ2) is 5.57. The number of hydrogen-bond donors (Lipinski definition) is 0. The van der Waals surface area contributed by atoms with Crippen molar-refractivity contribution in [1.82, 2.24) is 24.9 Å². The van der Waals surface area contributed by atoms with Gasteiger partial charge in [-0.15, -0.1) is 5.10 Å². The highest BCUT2D eigenvalue weighted by atomic mass is 32.1. The van der Waals surface area contributed by atoms with E-state index in [1.54, 1.807) is 13.3 Å². The summed E-state index contributed by atoms with van der Waals surface area (Å²) in [6.07, 6.45) is 2.60. The topological polar surface area (TPSA) is 82.4 Å². The van der Waals surface area contributed by atoms with Crippen LogP contribution in [-0.4, -0.2) is 57.1 Å². The molecule has 2 aliphatic heterocycles. The molecule has 0 radical (unpaired) electrons. The number of methoxy groups -OCH3 is 1. The average Bonchev–Trinajstić information content (AvgIpc) is 3.19. The average molecular weight is 335 g/mol. The third kappa shape index (κ3) is 2.40. The van der Waals surface area contributed by atoms with E-state index >= 15 is 0 Å². The number of aryl methyl sites for hydroxylation is 1. The molecule has 0 aliphatic carbocycles. The third-order valence-electron chi connectivity index (χ3n) is 4.36. The summed E-state index contributed by atoms with van der Waals surface area (Å²) in [4.78, 5) is 19.6. The first-order valence-corrected chi connectivity index (χ1v) is 8.30. The molecule has 4 rings (SSSR count). The van der Waals surface area contributed by atoms with Gasteiger partial charge in [-0.05, 0) is 13.3 Å². The predicted molar refractivity (Wildman–Crippen MR) is 81.6 cm³/mol. The summed E-state index contributed by atoms with van der Waals surface area (Å²) in [6, 6.07) is 0.0223. The van der Waals surface area contributed by atoms with E-state index in [1.807, 2.05) is 16.5 Å². The van der Waals surface area contributed by atoms with Gasteiger partial charge in [0.25, 0.3) is 11.1 Å². The molecule has 4 heterocycles. The van der Waals surface area contributed by atoms with E-state index in [0.717, 1.165) is 12.1 Å². The number of likely N-dealkylation sites (tertiary alicyclic amines) is 1. The molecule has 0 unspecified atom stereocenters. The van der Waals surface area contributed by atoms with Crippen molar-refractivity contribution in [3.8, 4) is 5.19 Å². The zero-order chi connectivity index (χ0) is 16.0. The summed E-state index contributed by atoms with van der Waals surface area (Å²) < 4.78 is 12.9. The molecular formula is C14H17N5O3S. The Morgan fingerprint density at radius 2 is 2.39 bits per heavy atom. The zero-order valence-electron chi connectivity index (χ0n) is 12.9. The summed E-state index contributed by atoms with van der Waals surface area (Å²) in [5, 5.41) is 8.63. The van der Waals surface area contributed by atoms with Crippen molar-refractivity contribution in [2.24, 2.45) is 0 Å². The summed E-state index contributed by atoms with van der Waals surface area (Å²) in [6.45, 7) is 3.61. The first kappa shape index (κ1) is 14.6. The normalized spacial score (nSPS) is 23.3. The fourth-order valence-corrected chi connectivity index (χ4v) is 4.01. The van der Waals surface area contributed by atoms with Crippen LogP contribution in [0.3, 0.4) is 0 Å². The molecule has 1 fully saturated rings. The van der Waals surface area contributed by atoms with E-state index < -0.39 is 0 Å². The van der Waals surface area contributed by atoms with Gasteiger partial charge in [-0.1, -0.05) is 16.6 Å². The van der Waals surface area contributed by atoms with Gasteiger partial charge in [0.2, 0.25) is 0 Å². The molecule has 0 bridgehead atoms. The van der Waals surface area contributed by atoms with Crippen LogP contribution in [0, 0.1) is 6.92 Å². The van der Waals surface area contributed by atoms with E-state index in [9.17, 15) is 4.79 Å². The SMILES string of the molecule is COc1nc(C)c(C(=O)N2CC[C@H]3OCc4cnnn4[C@@H]3C2)s1. The van der Waals surface area contributed by atoms with Crippen LogP contribution in [0.25, 0.3) is 0 Å². The van der Waals surface area contributed by atoms with Crippen molar-refractivity contribution in [1.29, 1.82) is 0 Å². The zero-order valence-corrected chi connectivity index (χ0v) is 13.7. The number of amides is 1. The quantitative estimate of drug-likeness (QED) is 0.815. The molecule has 2 aliphatic rings. The number of piperidine rings is 1. The lowest BCUT2D eigenvalue weighted by atomic mass is 10.00. The Labute approximate surface area is 137 Å². The van der Waals surface area contributed by atoms with E-state index in [2.05, 4.69) is 15.3 Å². The monoisotopic (exact) mass is 335 g/mol. The standard InChI is InChI=1S/C14H17N5O3S/c1-8-12(23-14(16-8)21-2)13(20)18-4-3-11-10(6-18)19-9(7-22-11)5-15-17-19/h5,10-11H,3-4,6-7H2,1-2H3/t10-,11-/m1/s1. The van der Waals surface area contributed by atoms with E-state index in [1.165, 1.54) is 11.3 Å². The number of carbonyl (C=O) groups excluding carboxylic acids is 1. The highest BCUT2D eigenvalue weighted by Gasteiger charge is 2.38. The van der Waals surface area contributed by atoms with Crippen molar-refractivity contribution < 1.29 is 14.3 Å². The molecule has 8 nitrogen and oxygen atoms in total. The Morgan fingerprint density at radius 3 is 3.17 bits per heavy atom. The molecule has 1 amide bonds. The summed E-state index contributed by atoms with van der Waals surface area (Å²) in [5.74, 6) is -0.00557. The molecule has 0 saturated carbocycles. The second-order valence-electron chi connectivity index (χ2n) is 5.72. The maximum atomic E-state index is 12.8. The summed E-state index contributed by atoms with van der Waals surface area (Å²) >= 11 is 1.29. The van der Waals surface area contributed by atoms with Crippen LogP contribution < -0.4 is 4.74 Å². The Kier molecular flexibility index (Phi) is 3.53. The van der Waals surface area contributed by atoms with Crippen molar-refractivity contribution in [2.45, 2.75) is 32.1 Å². The highest BCUT2D eigenvalue weighted by Crippen LogP contribution is 2.32. The van der Waals surface area contributed by atoms with Gasteiger partial charge in [0.1, 0.15) is 4.88 Å². The number of carbonyl (C=O) groups is 1. The van der Waals surface area contributed by atoms with Crippen LogP contribution >= 0.6 is 11.3 Å². The van der Waals surface area contributed by atoms with Gasteiger partial charge >= 0.3 is 0 Å². The van der Waals surface area contributed by atoms with Gasteiger partial charge in [-0.3, -0.25) is 4.79 Å². The van der Waals surface area contributed by atoms with Crippen LogP contribution in [0.5, 0.6) is 5.19 Å². The molecule has 1 saturated heterocycles. The lowest BCUT2D eigenvalue weighted by molar-refractivity contribution is -0.0604. The van der Waals surface area contributed by atoms with Gasteiger partial charge in [-0.2, -0.15) is 0 Å². The van der Waals surface area contributed by atoms with E-state index in [0.29, 0.717) is 35.5 Å². The molecule has 0 aromatic carbocycles. The van der Waals surface area contributed by atoms with Gasteiger partial charge < -0.3 is 14.4 Å². The minimum Gasteiger partial charge on any atom is -0.473 e. The molecule has 0 N–H and O–H groups in total. The van der Waals surface area contributed by atoms with Crippen molar-refractivity contribution in [3.05, 3.63) is 22.5 Å². The van der Waals surface area contributed by atoms with Gasteiger partial charge in [0.05, 0.1) is 43.4 Å².